The highest BCUT2D eigenvalue weighted by molar-refractivity contribution is 5.93. The number of pyridine rings is 1. The summed E-state index contributed by atoms with van der Waals surface area (Å²) in [4.78, 5) is 22.5. The van der Waals surface area contributed by atoms with Crippen LogP contribution in [0.5, 0.6) is 0 Å². The van der Waals surface area contributed by atoms with Gasteiger partial charge in [0.05, 0.1) is 5.56 Å². The van der Waals surface area contributed by atoms with Crippen molar-refractivity contribution in [3.05, 3.63) is 46.5 Å². The Morgan fingerprint density at radius 2 is 2.33 bits per heavy atom. The molecule has 0 spiro atoms. The Balaban J connectivity index is 2.74. The summed E-state index contributed by atoms with van der Waals surface area (Å²) in [6, 6.07) is 2.84. The van der Waals surface area contributed by atoms with E-state index in [2.05, 4.69) is 5.32 Å². The van der Waals surface area contributed by atoms with Crippen LogP contribution in [0.4, 0.5) is 0 Å². The van der Waals surface area contributed by atoms with E-state index in [1.807, 2.05) is 0 Å². The smallest absolute Gasteiger partial charge is 0.253 e. The van der Waals surface area contributed by atoms with Gasteiger partial charge in [0, 0.05) is 25.9 Å². The lowest BCUT2D eigenvalue weighted by Gasteiger charge is -2.03. The molecular weight excluding hydrogens is 194 g/mol. The van der Waals surface area contributed by atoms with Crippen LogP contribution in [-0.4, -0.2) is 17.0 Å². The number of aryl methyl sites for hydroxylation is 1. The summed E-state index contributed by atoms with van der Waals surface area (Å²) < 4.78 is 1.35. The number of carbonyl (C=O) groups is 1. The highest BCUT2D eigenvalue weighted by atomic mass is 16.1. The predicted octanol–water partition coefficient (Wildman–Crippen LogP) is -0.412. The molecule has 1 heterocycles. The fourth-order valence-electron chi connectivity index (χ4n) is 1.05. The summed E-state index contributed by atoms with van der Waals surface area (Å²) in [5.74, 6) is -0.233. The zero-order valence-corrected chi connectivity index (χ0v) is 8.43. The number of amides is 1. The number of nitrogens with one attached hydrogen (secondary N) is 1. The van der Waals surface area contributed by atoms with Crippen molar-refractivity contribution in [2.45, 2.75) is 0 Å². The van der Waals surface area contributed by atoms with Crippen molar-refractivity contribution in [3.63, 3.8) is 0 Å². The Morgan fingerprint density at radius 3 is 2.93 bits per heavy atom. The molecule has 0 aromatic carbocycles. The van der Waals surface area contributed by atoms with E-state index in [1.165, 1.54) is 29.1 Å². The van der Waals surface area contributed by atoms with Crippen LogP contribution in [0.1, 0.15) is 10.4 Å². The predicted molar refractivity (Wildman–Crippen MR) is 57.3 cm³/mol. The first-order valence-corrected chi connectivity index (χ1v) is 4.47. The molecule has 3 N–H and O–H groups in total. The van der Waals surface area contributed by atoms with Gasteiger partial charge in [-0.15, -0.1) is 0 Å². The number of aromatic nitrogens is 1. The summed E-state index contributed by atoms with van der Waals surface area (Å²) in [5, 5.41) is 2.63. The maximum Gasteiger partial charge on any atom is 0.253 e. The van der Waals surface area contributed by atoms with Crippen LogP contribution < -0.4 is 16.6 Å². The van der Waals surface area contributed by atoms with Gasteiger partial charge in [0.1, 0.15) is 0 Å². The van der Waals surface area contributed by atoms with Crippen LogP contribution in [0.3, 0.4) is 0 Å². The minimum atomic E-state index is -0.233. The molecule has 1 aromatic heterocycles. The number of rotatable bonds is 3. The Hall–Kier alpha value is -2.04. The molecule has 5 heteroatoms. The van der Waals surface area contributed by atoms with Crippen LogP contribution in [-0.2, 0) is 7.05 Å². The largest absolute Gasteiger partial charge is 0.405 e. The Labute approximate surface area is 87.2 Å². The molecule has 0 bridgehead atoms. The van der Waals surface area contributed by atoms with Gasteiger partial charge in [0.2, 0.25) is 5.56 Å². The summed E-state index contributed by atoms with van der Waals surface area (Å²) in [6.07, 6.45) is 4.48. The molecule has 0 aliphatic heterocycles. The molecule has 0 saturated heterocycles. The van der Waals surface area contributed by atoms with Crippen LogP contribution in [0.25, 0.3) is 0 Å². The second kappa shape index (κ2) is 4.99. The summed E-state index contributed by atoms with van der Waals surface area (Å²) in [5.41, 5.74) is 5.42. The van der Waals surface area contributed by atoms with E-state index in [1.54, 1.807) is 13.1 Å². The maximum absolute atomic E-state index is 11.5. The molecular formula is C10H13N3O2. The molecule has 0 unspecified atom stereocenters. The van der Waals surface area contributed by atoms with E-state index in [0.29, 0.717) is 12.1 Å². The van der Waals surface area contributed by atoms with E-state index >= 15 is 0 Å². The van der Waals surface area contributed by atoms with Crippen molar-refractivity contribution in [1.82, 2.24) is 9.88 Å². The molecule has 0 aliphatic rings. The summed E-state index contributed by atoms with van der Waals surface area (Å²) in [6.45, 7) is 0.373. The van der Waals surface area contributed by atoms with Crippen molar-refractivity contribution < 1.29 is 4.79 Å². The van der Waals surface area contributed by atoms with E-state index in [9.17, 15) is 9.59 Å². The number of hydrogen-bond donors (Lipinski definition) is 2. The topological polar surface area (TPSA) is 77.1 Å². The number of hydrogen-bond acceptors (Lipinski definition) is 3. The van der Waals surface area contributed by atoms with Gasteiger partial charge in [-0.1, -0.05) is 0 Å². The average Bonchev–Trinajstić information content (AvgIpc) is 2.22. The Bertz CT molecular complexity index is 435. The van der Waals surface area contributed by atoms with Crippen LogP contribution >= 0.6 is 0 Å². The normalized spacial score (nSPS) is 10.5. The third-order valence-corrected chi connectivity index (χ3v) is 1.86. The molecule has 0 fully saturated rings. The minimum Gasteiger partial charge on any atom is -0.405 e. The van der Waals surface area contributed by atoms with E-state index in [-0.39, 0.29) is 11.5 Å². The summed E-state index contributed by atoms with van der Waals surface area (Å²) in [7, 11) is 1.60. The first-order valence-electron chi connectivity index (χ1n) is 4.47. The van der Waals surface area contributed by atoms with Gasteiger partial charge >= 0.3 is 0 Å². The van der Waals surface area contributed by atoms with E-state index in [4.69, 9.17) is 5.73 Å². The molecule has 1 amide bonds. The minimum absolute atomic E-state index is 0.145. The number of nitrogens with two attached hydrogens (primary N) is 1. The molecule has 15 heavy (non-hydrogen) atoms. The maximum atomic E-state index is 11.5. The first kappa shape index (κ1) is 11.0. The lowest BCUT2D eigenvalue weighted by atomic mass is 10.2. The highest BCUT2D eigenvalue weighted by Crippen LogP contribution is 1.94. The first-order chi connectivity index (χ1) is 7.15. The van der Waals surface area contributed by atoms with Crippen molar-refractivity contribution in [3.8, 4) is 0 Å². The number of nitrogens with zero attached hydrogens (tertiary/aromatic N) is 1. The molecule has 1 rings (SSSR count). The van der Waals surface area contributed by atoms with Crippen molar-refractivity contribution in [2.75, 3.05) is 6.54 Å². The van der Waals surface area contributed by atoms with Gasteiger partial charge in [0.15, 0.2) is 0 Å². The van der Waals surface area contributed by atoms with Crippen LogP contribution in [0.15, 0.2) is 35.4 Å². The Kier molecular flexibility index (Phi) is 3.68. The SMILES string of the molecule is Cn1cc(C(=O)NC/C=C/N)ccc1=O. The number of carbonyl (C=O) groups excluding carboxylic acids is 1. The van der Waals surface area contributed by atoms with Gasteiger partial charge in [-0.3, -0.25) is 9.59 Å². The monoisotopic (exact) mass is 207 g/mol. The molecule has 0 radical (unpaired) electrons. The van der Waals surface area contributed by atoms with Crippen molar-refractivity contribution >= 4 is 5.91 Å². The van der Waals surface area contributed by atoms with Gasteiger partial charge in [-0.2, -0.15) is 0 Å². The third kappa shape index (κ3) is 2.98. The molecule has 0 aliphatic carbocycles. The molecule has 1 aromatic rings. The van der Waals surface area contributed by atoms with Crippen LogP contribution in [0, 0.1) is 0 Å². The highest BCUT2D eigenvalue weighted by Gasteiger charge is 2.04. The zero-order chi connectivity index (χ0) is 11.3. The quantitative estimate of drug-likeness (QED) is 0.707. The standard InChI is InChI=1S/C10H13N3O2/c1-13-7-8(3-4-9(13)14)10(15)12-6-2-5-11/h2-5,7H,6,11H2,1H3,(H,12,15)/b5-2+. The fourth-order valence-corrected chi connectivity index (χ4v) is 1.05. The third-order valence-electron chi connectivity index (χ3n) is 1.86. The molecule has 0 saturated carbocycles. The average molecular weight is 207 g/mol. The molecule has 0 atom stereocenters. The van der Waals surface area contributed by atoms with E-state index in [0.717, 1.165) is 0 Å². The molecule has 5 nitrogen and oxygen atoms in total. The van der Waals surface area contributed by atoms with Gasteiger partial charge in [-0.25, -0.2) is 0 Å². The molecule has 80 valence electrons. The van der Waals surface area contributed by atoms with Crippen molar-refractivity contribution in [1.29, 1.82) is 0 Å². The summed E-state index contributed by atoms with van der Waals surface area (Å²) >= 11 is 0. The second-order valence-corrected chi connectivity index (χ2v) is 3.01. The fraction of sp³-hybridized carbons (Fsp3) is 0.200. The van der Waals surface area contributed by atoms with Gasteiger partial charge in [-0.05, 0) is 18.3 Å². The second-order valence-electron chi connectivity index (χ2n) is 3.01. The van der Waals surface area contributed by atoms with Crippen molar-refractivity contribution in [2.24, 2.45) is 12.8 Å². The van der Waals surface area contributed by atoms with Gasteiger partial charge < -0.3 is 15.6 Å². The Morgan fingerprint density at radius 1 is 1.60 bits per heavy atom. The lowest BCUT2D eigenvalue weighted by molar-refractivity contribution is 0.0957. The van der Waals surface area contributed by atoms with Gasteiger partial charge in [0.25, 0.3) is 5.91 Å². The van der Waals surface area contributed by atoms with Crippen LogP contribution in [0.2, 0.25) is 0 Å². The lowest BCUT2D eigenvalue weighted by Crippen LogP contribution is -2.25. The zero-order valence-electron chi connectivity index (χ0n) is 8.43. The van der Waals surface area contributed by atoms with E-state index < -0.39 is 0 Å².